The summed E-state index contributed by atoms with van der Waals surface area (Å²) in [7, 11) is 0. The Bertz CT molecular complexity index is 921. The zero-order valence-corrected chi connectivity index (χ0v) is 15.6. The van der Waals surface area contributed by atoms with Crippen molar-refractivity contribution in [2.24, 2.45) is 0 Å². The van der Waals surface area contributed by atoms with Gasteiger partial charge in [-0.3, -0.25) is 0 Å². The molecule has 1 fully saturated rings. The monoisotopic (exact) mass is 363 g/mol. The molecule has 1 saturated heterocycles. The Labute approximate surface area is 159 Å². The average Bonchev–Trinajstić information content (AvgIpc) is 2.74. The molecule has 0 saturated carbocycles. The van der Waals surface area contributed by atoms with Crippen LogP contribution >= 0.6 is 0 Å². The Morgan fingerprint density at radius 2 is 1.96 bits per heavy atom. The summed E-state index contributed by atoms with van der Waals surface area (Å²) in [5.74, 6) is 1.81. The van der Waals surface area contributed by atoms with Crippen LogP contribution in [0.5, 0.6) is 0 Å². The van der Waals surface area contributed by atoms with Crippen molar-refractivity contribution in [3.63, 3.8) is 0 Å². The van der Waals surface area contributed by atoms with E-state index in [0.29, 0.717) is 6.04 Å². The highest BCUT2D eigenvalue weighted by Crippen LogP contribution is 2.24. The number of hydrogen-bond donors (Lipinski definition) is 2. The molecule has 0 spiro atoms. The predicted molar refractivity (Wildman–Crippen MR) is 108 cm³/mol. The molecular weight excluding hydrogens is 338 g/mol. The van der Waals surface area contributed by atoms with Crippen molar-refractivity contribution in [3.05, 3.63) is 54.0 Å². The number of pyridine rings is 1. The van der Waals surface area contributed by atoms with E-state index < -0.39 is 0 Å². The first-order valence-electron chi connectivity index (χ1n) is 9.58. The number of nitrogens with zero attached hydrogens (tertiary/aromatic N) is 4. The number of fused-ring (bicyclic) bond motifs is 1. The van der Waals surface area contributed by atoms with Gasteiger partial charge >= 0.3 is 0 Å². The van der Waals surface area contributed by atoms with Crippen LogP contribution < -0.4 is 10.2 Å². The predicted octanol–water partition coefficient (Wildman–Crippen LogP) is 3.16. The molecule has 6 heteroatoms. The fourth-order valence-corrected chi connectivity index (χ4v) is 3.60. The highest BCUT2D eigenvalue weighted by Gasteiger charge is 2.21. The highest BCUT2D eigenvalue weighted by atomic mass is 16.3. The Hall–Kier alpha value is -2.73. The fourth-order valence-electron chi connectivity index (χ4n) is 3.60. The maximum absolute atomic E-state index is 9.75. The van der Waals surface area contributed by atoms with Crippen LogP contribution in [0, 0.1) is 0 Å². The van der Waals surface area contributed by atoms with Crippen molar-refractivity contribution in [3.8, 4) is 0 Å². The van der Waals surface area contributed by atoms with Gasteiger partial charge in [0, 0.05) is 41.8 Å². The number of nitrogens with one attached hydrogen (secondary N) is 1. The number of piperidine rings is 1. The number of hydrogen-bond acceptors (Lipinski definition) is 6. The van der Waals surface area contributed by atoms with Crippen LogP contribution in [0.15, 0.2) is 42.7 Å². The first-order valence-corrected chi connectivity index (χ1v) is 9.58. The fraction of sp³-hybridized carbons (Fsp3) is 0.381. The van der Waals surface area contributed by atoms with E-state index in [-0.39, 0.29) is 6.61 Å². The van der Waals surface area contributed by atoms with Gasteiger partial charge < -0.3 is 15.3 Å². The maximum atomic E-state index is 9.75. The van der Waals surface area contributed by atoms with Gasteiger partial charge in [-0.15, -0.1) is 0 Å². The van der Waals surface area contributed by atoms with Crippen LogP contribution in [0.4, 0.5) is 11.6 Å². The number of para-hydroxylation sites is 1. The van der Waals surface area contributed by atoms with E-state index >= 15 is 0 Å². The topological polar surface area (TPSA) is 74.2 Å². The molecule has 140 valence electrons. The Kier molecular flexibility index (Phi) is 5.16. The summed E-state index contributed by atoms with van der Waals surface area (Å²) in [6, 6.07) is 12.5. The SMILES string of the molecule is CCc1cc(N2CCC(Nc3nc4ccccc4cc3CO)CC2)ncn1. The Morgan fingerprint density at radius 3 is 2.74 bits per heavy atom. The summed E-state index contributed by atoms with van der Waals surface area (Å²) in [5.41, 5.74) is 2.87. The number of aliphatic hydroxyl groups is 1. The number of aliphatic hydroxyl groups excluding tert-OH is 1. The van der Waals surface area contributed by atoms with E-state index in [9.17, 15) is 5.11 Å². The van der Waals surface area contributed by atoms with Crippen LogP contribution in [0.3, 0.4) is 0 Å². The molecule has 0 atom stereocenters. The molecule has 1 aliphatic rings. The summed E-state index contributed by atoms with van der Waals surface area (Å²) < 4.78 is 0. The van der Waals surface area contributed by atoms with Crippen LogP contribution in [-0.4, -0.2) is 39.2 Å². The third-order valence-electron chi connectivity index (χ3n) is 5.20. The van der Waals surface area contributed by atoms with Crippen LogP contribution in [0.25, 0.3) is 10.9 Å². The molecule has 1 aromatic carbocycles. The largest absolute Gasteiger partial charge is 0.392 e. The van der Waals surface area contributed by atoms with Gasteiger partial charge in [-0.25, -0.2) is 15.0 Å². The molecule has 2 N–H and O–H groups in total. The normalized spacial score (nSPS) is 15.3. The van der Waals surface area contributed by atoms with Crippen molar-refractivity contribution in [1.29, 1.82) is 0 Å². The van der Waals surface area contributed by atoms with E-state index in [2.05, 4.69) is 33.2 Å². The first kappa shape index (κ1) is 17.7. The second-order valence-corrected chi connectivity index (χ2v) is 6.97. The van der Waals surface area contributed by atoms with E-state index in [1.165, 1.54) is 0 Å². The van der Waals surface area contributed by atoms with Crippen molar-refractivity contribution in [2.75, 3.05) is 23.3 Å². The van der Waals surface area contributed by atoms with Crippen LogP contribution in [0.2, 0.25) is 0 Å². The van der Waals surface area contributed by atoms with Crippen molar-refractivity contribution >= 4 is 22.5 Å². The zero-order chi connectivity index (χ0) is 18.6. The molecule has 2 aromatic heterocycles. The molecule has 0 radical (unpaired) electrons. The lowest BCUT2D eigenvalue weighted by atomic mass is 10.0. The average molecular weight is 363 g/mol. The van der Waals surface area contributed by atoms with Crippen LogP contribution in [0.1, 0.15) is 31.0 Å². The van der Waals surface area contributed by atoms with E-state index in [1.54, 1.807) is 6.33 Å². The zero-order valence-electron chi connectivity index (χ0n) is 15.6. The second-order valence-electron chi connectivity index (χ2n) is 6.97. The number of benzene rings is 1. The van der Waals surface area contributed by atoms with Crippen LogP contribution in [-0.2, 0) is 13.0 Å². The van der Waals surface area contributed by atoms with Gasteiger partial charge in [0.1, 0.15) is 18.0 Å². The molecule has 3 aromatic rings. The summed E-state index contributed by atoms with van der Waals surface area (Å²) in [6.07, 6.45) is 4.59. The number of aromatic nitrogens is 3. The lowest BCUT2D eigenvalue weighted by molar-refractivity contribution is 0.282. The molecular formula is C21H25N5O. The second kappa shape index (κ2) is 7.88. The molecule has 0 amide bonds. The molecule has 0 aliphatic carbocycles. The van der Waals surface area contributed by atoms with Gasteiger partial charge in [0.2, 0.25) is 0 Å². The number of aryl methyl sites for hydroxylation is 1. The summed E-state index contributed by atoms with van der Waals surface area (Å²) in [6.45, 7) is 3.98. The summed E-state index contributed by atoms with van der Waals surface area (Å²) in [4.78, 5) is 15.8. The minimum Gasteiger partial charge on any atom is -0.392 e. The number of anilines is 2. The Morgan fingerprint density at radius 1 is 1.15 bits per heavy atom. The molecule has 4 rings (SSSR count). The first-order chi connectivity index (χ1) is 13.3. The van der Waals surface area contributed by atoms with E-state index in [1.807, 2.05) is 30.3 Å². The molecule has 3 heterocycles. The minimum atomic E-state index is -0.0141. The van der Waals surface area contributed by atoms with Gasteiger partial charge in [0.05, 0.1) is 12.1 Å². The standard InChI is InChI=1S/C21H25N5O/c1-2-17-12-20(23-14-22-17)26-9-7-18(8-10-26)24-21-16(13-27)11-15-5-3-4-6-19(15)25-21/h3-6,11-12,14,18,27H,2,7-10,13H2,1H3,(H,24,25). The Balaban J connectivity index is 1.45. The van der Waals surface area contributed by atoms with Crippen molar-refractivity contribution in [2.45, 2.75) is 38.8 Å². The van der Waals surface area contributed by atoms with Crippen molar-refractivity contribution in [1.82, 2.24) is 15.0 Å². The van der Waals surface area contributed by atoms with Gasteiger partial charge in [-0.1, -0.05) is 25.1 Å². The van der Waals surface area contributed by atoms with Gasteiger partial charge in [0.25, 0.3) is 0 Å². The van der Waals surface area contributed by atoms with Gasteiger partial charge in [0.15, 0.2) is 0 Å². The van der Waals surface area contributed by atoms with Gasteiger partial charge in [-0.2, -0.15) is 0 Å². The quantitative estimate of drug-likeness (QED) is 0.725. The van der Waals surface area contributed by atoms with E-state index in [0.717, 1.165) is 66.1 Å². The lowest BCUT2D eigenvalue weighted by Crippen LogP contribution is -2.39. The van der Waals surface area contributed by atoms with E-state index in [4.69, 9.17) is 4.98 Å². The third-order valence-corrected chi connectivity index (χ3v) is 5.20. The summed E-state index contributed by atoms with van der Waals surface area (Å²) >= 11 is 0. The highest BCUT2D eigenvalue weighted by molar-refractivity contribution is 5.81. The molecule has 27 heavy (non-hydrogen) atoms. The molecule has 0 unspecified atom stereocenters. The molecule has 6 nitrogen and oxygen atoms in total. The smallest absolute Gasteiger partial charge is 0.132 e. The molecule has 1 aliphatic heterocycles. The third kappa shape index (κ3) is 3.85. The summed E-state index contributed by atoms with van der Waals surface area (Å²) in [5, 5.41) is 14.4. The molecule has 0 bridgehead atoms. The van der Waals surface area contributed by atoms with Gasteiger partial charge in [-0.05, 0) is 31.4 Å². The van der Waals surface area contributed by atoms with Crippen molar-refractivity contribution < 1.29 is 5.11 Å². The minimum absolute atomic E-state index is 0.0141. The maximum Gasteiger partial charge on any atom is 0.132 e. The number of rotatable bonds is 5. The lowest BCUT2D eigenvalue weighted by Gasteiger charge is -2.33.